The molecule has 2 heterocycles. The zero-order valence-electron chi connectivity index (χ0n) is 16.8. The third-order valence-corrected chi connectivity index (χ3v) is 5.33. The molecule has 2 aliphatic rings. The van der Waals surface area contributed by atoms with E-state index in [0.717, 1.165) is 57.6 Å². The summed E-state index contributed by atoms with van der Waals surface area (Å²) >= 11 is 6.02. The summed E-state index contributed by atoms with van der Waals surface area (Å²) in [5, 5.41) is 4.14. The van der Waals surface area contributed by atoms with Gasteiger partial charge in [-0.2, -0.15) is 0 Å². The average molecular weight is 523 g/mol. The predicted molar refractivity (Wildman–Crippen MR) is 125 cm³/mol. The van der Waals surface area contributed by atoms with E-state index in [-0.39, 0.29) is 30.1 Å². The van der Waals surface area contributed by atoms with Crippen LogP contribution in [0, 0.1) is 5.92 Å². The molecule has 1 aromatic carbocycles. The number of halogens is 2. The SMILES string of the molecule is CN=C(NCC(C)Oc1cccc(Cl)c1)N1CCC(CN2CCOCC2)C1.I. The van der Waals surface area contributed by atoms with Crippen LogP contribution in [0.5, 0.6) is 5.75 Å². The second kappa shape index (κ2) is 12.0. The van der Waals surface area contributed by atoms with Gasteiger partial charge in [0.2, 0.25) is 0 Å². The summed E-state index contributed by atoms with van der Waals surface area (Å²) in [5.41, 5.74) is 0. The first-order chi connectivity index (χ1) is 13.1. The average Bonchev–Trinajstić information content (AvgIpc) is 3.11. The molecular weight excluding hydrogens is 491 g/mol. The van der Waals surface area contributed by atoms with E-state index < -0.39 is 0 Å². The van der Waals surface area contributed by atoms with Gasteiger partial charge >= 0.3 is 0 Å². The quantitative estimate of drug-likeness (QED) is 0.354. The smallest absolute Gasteiger partial charge is 0.193 e. The Labute approximate surface area is 190 Å². The standard InChI is InChI=1S/C20H31ClN4O2.HI/c1-16(27-19-5-3-4-18(21)12-19)13-23-20(22-2)25-7-6-17(15-25)14-24-8-10-26-11-9-24;/h3-5,12,16-17H,6-11,13-15H2,1-2H3,(H,22,23);1H. The van der Waals surface area contributed by atoms with Gasteiger partial charge < -0.3 is 19.7 Å². The molecule has 0 spiro atoms. The zero-order valence-corrected chi connectivity index (χ0v) is 19.9. The summed E-state index contributed by atoms with van der Waals surface area (Å²) in [6.07, 6.45) is 1.24. The number of hydrogen-bond donors (Lipinski definition) is 1. The molecule has 0 bridgehead atoms. The number of likely N-dealkylation sites (tertiary alicyclic amines) is 1. The van der Waals surface area contributed by atoms with Crippen LogP contribution in [-0.2, 0) is 4.74 Å². The Kier molecular flexibility index (Phi) is 10.1. The van der Waals surface area contributed by atoms with Crippen LogP contribution >= 0.6 is 35.6 Å². The Bertz CT molecular complexity index is 628. The molecule has 3 rings (SSSR count). The van der Waals surface area contributed by atoms with E-state index in [4.69, 9.17) is 21.1 Å². The van der Waals surface area contributed by atoms with Crippen LogP contribution in [-0.4, -0.2) is 81.4 Å². The molecule has 2 atom stereocenters. The number of nitrogens with one attached hydrogen (secondary N) is 1. The van der Waals surface area contributed by atoms with Crippen molar-refractivity contribution in [2.45, 2.75) is 19.4 Å². The van der Waals surface area contributed by atoms with Crippen LogP contribution in [0.3, 0.4) is 0 Å². The molecule has 2 aliphatic heterocycles. The maximum atomic E-state index is 6.02. The Morgan fingerprint density at radius 3 is 2.86 bits per heavy atom. The minimum absolute atomic E-state index is 0. The van der Waals surface area contributed by atoms with Crippen LogP contribution in [0.25, 0.3) is 0 Å². The molecule has 1 N–H and O–H groups in total. The number of rotatable bonds is 6. The van der Waals surface area contributed by atoms with Crippen LogP contribution in [0.1, 0.15) is 13.3 Å². The summed E-state index contributed by atoms with van der Waals surface area (Å²) in [7, 11) is 1.85. The third kappa shape index (κ3) is 7.24. The lowest BCUT2D eigenvalue weighted by Gasteiger charge is -2.29. The molecule has 2 unspecified atom stereocenters. The van der Waals surface area contributed by atoms with Crippen molar-refractivity contribution in [3.63, 3.8) is 0 Å². The number of ether oxygens (including phenoxy) is 2. The van der Waals surface area contributed by atoms with Crippen molar-refractivity contribution in [1.82, 2.24) is 15.1 Å². The molecule has 2 fully saturated rings. The highest BCUT2D eigenvalue weighted by Gasteiger charge is 2.27. The molecule has 2 saturated heterocycles. The summed E-state index contributed by atoms with van der Waals surface area (Å²) in [4.78, 5) is 9.35. The number of guanidine groups is 1. The Morgan fingerprint density at radius 1 is 1.36 bits per heavy atom. The second-order valence-electron chi connectivity index (χ2n) is 7.33. The van der Waals surface area contributed by atoms with Crippen LogP contribution in [0.4, 0.5) is 0 Å². The van der Waals surface area contributed by atoms with Gasteiger partial charge in [-0.1, -0.05) is 17.7 Å². The molecule has 0 radical (unpaired) electrons. The van der Waals surface area contributed by atoms with Crippen LogP contribution in [0.2, 0.25) is 5.02 Å². The van der Waals surface area contributed by atoms with E-state index in [1.54, 1.807) is 0 Å². The predicted octanol–water partition coefficient (Wildman–Crippen LogP) is 2.95. The Balaban J connectivity index is 0.00000280. The topological polar surface area (TPSA) is 49.3 Å². The van der Waals surface area contributed by atoms with E-state index in [9.17, 15) is 0 Å². The van der Waals surface area contributed by atoms with Crippen molar-refractivity contribution in [3.05, 3.63) is 29.3 Å². The van der Waals surface area contributed by atoms with E-state index >= 15 is 0 Å². The molecule has 158 valence electrons. The van der Waals surface area contributed by atoms with Crippen molar-refractivity contribution in [1.29, 1.82) is 0 Å². The number of hydrogen-bond acceptors (Lipinski definition) is 4. The lowest BCUT2D eigenvalue weighted by molar-refractivity contribution is 0.0315. The van der Waals surface area contributed by atoms with Gasteiger partial charge in [0.05, 0.1) is 19.8 Å². The zero-order chi connectivity index (χ0) is 19.1. The molecule has 1 aromatic rings. The van der Waals surface area contributed by atoms with E-state index in [2.05, 4.69) is 20.1 Å². The summed E-state index contributed by atoms with van der Waals surface area (Å²) in [6.45, 7) is 9.86. The van der Waals surface area contributed by atoms with Gasteiger partial charge in [0.25, 0.3) is 0 Å². The fourth-order valence-electron chi connectivity index (χ4n) is 3.70. The van der Waals surface area contributed by atoms with Gasteiger partial charge in [-0.15, -0.1) is 24.0 Å². The Morgan fingerprint density at radius 2 is 2.14 bits per heavy atom. The van der Waals surface area contributed by atoms with Crippen molar-refractivity contribution in [2.75, 3.05) is 59.5 Å². The first kappa shape index (κ1) is 23.5. The normalized spacial score (nSPS) is 21.9. The lowest BCUT2D eigenvalue weighted by atomic mass is 10.1. The van der Waals surface area contributed by atoms with Crippen LogP contribution in [0.15, 0.2) is 29.3 Å². The molecule has 28 heavy (non-hydrogen) atoms. The fourth-order valence-corrected chi connectivity index (χ4v) is 3.88. The largest absolute Gasteiger partial charge is 0.489 e. The number of aliphatic imine (C=N–C) groups is 1. The highest BCUT2D eigenvalue weighted by atomic mass is 127. The highest BCUT2D eigenvalue weighted by molar-refractivity contribution is 14.0. The van der Waals surface area contributed by atoms with Crippen molar-refractivity contribution >= 4 is 41.5 Å². The molecule has 6 nitrogen and oxygen atoms in total. The minimum atomic E-state index is 0. The first-order valence-electron chi connectivity index (χ1n) is 9.82. The minimum Gasteiger partial charge on any atom is -0.489 e. The number of nitrogens with zero attached hydrogens (tertiary/aromatic N) is 3. The number of benzene rings is 1. The molecule has 0 aromatic heterocycles. The lowest BCUT2D eigenvalue weighted by Crippen LogP contribution is -2.44. The van der Waals surface area contributed by atoms with Gasteiger partial charge in [-0.25, -0.2) is 0 Å². The first-order valence-corrected chi connectivity index (χ1v) is 10.2. The summed E-state index contributed by atoms with van der Waals surface area (Å²) < 4.78 is 11.4. The van der Waals surface area contributed by atoms with Gasteiger partial charge in [0.15, 0.2) is 5.96 Å². The van der Waals surface area contributed by atoms with Gasteiger partial charge in [0, 0.05) is 44.8 Å². The van der Waals surface area contributed by atoms with Gasteiger partial charge in [-0.05, 0) is 37.5 Å². The molecule has 0 aliphatic carbocycles. The fraction of sp³-hybridized carbons (Fsp3) is 0.650. The maximum absolute atomic E-state index is 6.02. The van der Waals surface area contributed by atoms with Crippen molar-refractivity contribution in [2.24, 2.45) is 10.9 Å². The van der Waals surface area contributed by atoms with Crippen molar-refractivity contribution in [3.8, 4) is 5.75 Å². The molecular formula is C20H32ClIN4O2. The highest BCUT2D eigenvalue weighted by Crippen LogP contribution is 2.19. The number of morpholine rings is 1. The third-order valence-electron chi connectivity index (χ3n) is 5.10. The maximum Gasteiger partial charge on any atom is 0.193 e. The summed E-state index contributed by atoms with van der Waals surface area (Å²) in [5.74, 6) is 2.45. The van der Waals surface area contributed by atoms with E-state index in [0.29, 0.717) is 17.5 Å². The molecule has 0 saturated carbocycles. The summed E-state index contributed by atoms with van der Waals surface area (Å²) in [6, 6.07) is 7.51. The molecule has 0 amide bonds. The molecule has 8 heteroatoms. The van der Waals surface area contributed by atoms with E-state index in [1.807, 2.05) is 38.2 Å². The van der Waals surface area contributed by atoms with Gasteiger partial charge in [-0.3, -0.25) is 9.89 Å². The van der Waals surface area contributed by atoms with Crippen LogP contribution < -0.4 is 10.1 Å². The second-order valence-corrected chi connectivity index (χ2v) is 7.76. The van der Waals surface area contributed by atoms with E-state index in [1.165, 1.54) is 6.42 Å². The Hall–Kier alpha value is -0.770. The monoisotopic (exact) mass is 522 g/mol. The van der Waals surface area contributed by atoms with Gasteiger partial charge in [0.1, 0.15) is 11.9 Å². The van der Waals surface area contributed by atoms with Crippen molar-refractivity contribution < 1.29 is 9.47 Å².